The largest absolute Gasteiger partial charge is 0.379 e. The molecule has 0 amide bonds. The van der Waals surface area contributed by atoms with Crippen molar-refractivity contribution < 1.29 is 4.74 Å². The van der Waals surface area contributed by atoms with Crippen molar-refractivity contribution in [1.82, 2.24) is 9.88 Å². The molecule has 82 valence electrons. The topological polar surface area (TPSA) is 51.4 Å². The van der Waals surface area contributed by atoms with Crippen LogP contribution in [0.2, 0.25) is 0 Å². The van der Waals surface area contributed by atoms with Crippen LogP contribution in [0.4, 0.5) is 0 Å². The minimum absolute atomic E-state index is 0.511. The van der Waals surface area contributed by atoms with Gasteiger partial charge < -0.3 is 10.5 Å². The minimum atomic E-state index is 0.511. The fourth-order valence-electron chi connectivity index (χ4n) is 1.72. The lowest BCUT2D eigenvalue weighted by molar-refractivity contribution is 0.0336. The molecule has 2 heterocycles. The van der Waals surface area contributed by atoms with Gasteiger partial charge in [0, 0.05) is 26.2 Å². The van der Waals surface area contributed by atoms with Gasteiger partial charge in [0.15, 0.2) is 0 Å². The van der Waals surface area contributed by atoms with Crippen LogP contribution in [0, 0.1) is 0 Å². The molecule has 1 aromatic rings. The van der Waals surface area contributed by atoms with Crippen LogP contribution in [0.15, 0.2) is 18.2 Å². The highest BCUT2D eigenvalue weighted by molar-refractivity contribution is 5.11. The van der Waals surface area contributed by atoms with E-state index in [0.29, 0.717) is 6.54 Å². The Balaban J connectivity index is 1.96. The average Bonchev–Trinajstić information content (AvgIpc) is 2.31. The van der Waals surface area contributed by atoms with Crippen molar-refractivity contribution in [1.29, 1.82) is 0 Å². The molecule has 0 atom stereocenters. The Bertz CT molecular complexity index is 310. The molecule has 0 saturated carbocycles. The first-order valence-corrected chi connectivity index (χ1v) is 5.33. The van der Waals surface area contributed by atoms with Gasteiger partial charge >= 0.3 is 0 Å². The maximum Gasteiger partial charge on any atom is 0.0594 e. The van der Waals surface area contributed by atoms with Crippen LogP contribution in [-0.4, -0.2) is 36.2 Å². The zero-order valence-electron chi connectivity index (χ0n) is 8.85. The van der Waals surface area contributed by atoms with Crippen molar-refractivity contribution in [3.63, 3.8) is 0 Å². The van der Waals surface area contributed by atoms with Gasteiger partial charge in [-0.2, -0.15) is 0 Å². The highest BCUT2D eigenvalue weighted by Gasteiger charge is 2.11. The molecular formula is C11H17N3O. The Morgan fingerprint density at radius 3 is 2.73 bits per heavy atom. The Morgan fingerprint density at radius 2 is 2.00 bits per heavy atom. The quantitative estimate of drug-likeness (QED) is 0.778. The monoisotopic (exact) mass is 207 g/mol. The zero-order valence-corrected chi connectivity index (χ0v) is 8.85. The van der Waals surface area contributed by atoms with E-state index in [2.05, 4.69) is 16.0 Å². The third-order valence-electron chi connectivity index (χ3n) is 2.56. The molecule has 0 aromatic carbocycles. The molecule has 2 rings (SSSR count). The van der Waals surface area contributed by atoms with Crippen LogP contribution in [-0.2, 0) is 17.8 Å². The first-order valence-electron chi connectivity index (χ1n) is 5.33. The van der Waals surface area contributed by atoms with E-state index in [9.17, 15) is 0 Å². The first kappa shape index (κ1) is 10.5. The summed E-state index contributed by atoms with van der Waals surface area (Å²) in [6, 6.07) is 6.03. The van der Waals surface area contributed by atoms with Gasteiger partial charge in [-0.3, -0.25) is 9.88 Å². The molecule has 4 heteroatoms. The number of aromatic nitrogens is 1. The molecule has 1 aliphatic rings. The fraction of sp³-hybridized carbons (Fsp3) is 0.545. The molecule has 1 aromatic heterocycles. The Kier molecular flexibility index (Phi) is 3.66. The minimum Gasteiger partial charge on any atom is -0.379 e. The van der Waals surface area contributed by atoms with Gasteiger partial charge in [-0.25, -0.2) is 0 Å². The Labute approximate surface area is 90.0 Å². The van der Waals surface area contributed by atoms with Gasteiger partial charge in [0.1, 0.15) is 0 Å². The summed E-state index contributed by atoms with van der Waals surface area (Å²) in [6.45, 7) is 5.06. The highest BCUT2D eigenvalue weighted by atomic mass is 16.5. The molecule has 2 N–H and O–H groups in total. The van der Waals surface area contributed by atoms with E-state index in [1.165, 1.54) is 0 Å². The number of rotatable bonds is 3. The summed E-state index contributed by atoms with van der Waals surface area (Å²) in [5, 5.41) is 0. The van der Waals surface area contributed by atoms with Crippen LogP contribution in [0.3, 0.4) is 0 Å². The molecule has 0 bridgehead atoms. The number of ether oxygens (including phenoxy) is 1. The van der Waals surface area contributed by atoms with Crippen LogP contribution >= 0.6 is 0 Å². The van der Waals surface area contributed by atoms with E-state index in [1.807, 2.05) is 12.1 Å². The molecule has 0 spiro atoms. The SMILES string of the molecule is NCc1cccc(CN2CCOCC2)n1. The molecule has 4 nitrogen and oxygen atoms in total. The van der Waals surface area contributed by atoms with Gasteiger partial charge in [-0.1, -0.05) is 6.07 Å². The number of nitrogens with two attached hydrogens (primary N) is 1. The van der Waals surface area contributed by atoms with Crippen molar-refractivity contribution in [2.75, 3.05) is 26.3 Å². The van der Waals surface area contributed by atoms with Crippen LogP contribution in [0.1, 0.15) is 11.4 Å². The predicted octanol–water partition coefficient (Wildman–Crippen LogP) is 0.372. The summed E-state index contributed by atoms with van der Waals surface area (Å²) in [5.74, 6) is 0. The van der Waals surface area contributed by atoms with Crippen LogP contribution < -0.4 is 5.73 Å². The van der Waals surface area contributed by atoms with Crippen LogP contribution in [0.5, 0.6) is 0 Å². The van der Waals surface area contributed by atoms with Gasteiger partial charge in [0.05, 0.1) is 24.6 Å². The van der Waals surface area contributed by atoms with Gasteiger partial charge in [-0.05, 0) is 12.1 Å². The maximum absolute atomic E-state index is 5.56. The number of pyridine rings is 1. The van der Waals surface area contributed by atoms with Crippen molar-refractivity contribution >= 4 is 0 Å². The smallest absolute Gasteiger partial charge is 0.0594 e. The summed E-state index contributed by atoms with van der Waals surface area (Å²) in [5.41, 5.74) is 7.61. The molecular weight excluding hydrogens is 190 g/mol. The van der Waals surface area contributed by atoms with E-state index in [-0.39, 0.29) is 0 Å². The second-order valence-electron chi connectivity index (χ2n) is 3.71. The van der Waals surface area contributed by atoms with Crippen LogP contribution in [0.25, 0.3) is 0 Å². The van der Waals surface area contributed by atoms with E-state index in [0.717, 1.165) is 44.2 Å². The number of nitrogens with zero attached hydrogens (tertiary/aromatic N) is 2. The fourth-order valence-corrected chi connectivity index (χ4v) is 1.72. The molecule has 0 radical (unpaired) electrons. The molecule has 0 aliphatic carbocycles. The summed E-state index contributed by atoms with van der Waals surface area (Å²) in [7, 11) is 0. The van der Waals surface area contributed by atoms with Gasteiger partial charge in [-0.15, -0.1) is 0 Å². The summed E-state index contributed by atoms with van der Waals surface area (Å²) >= 11 is 0. The lowest BCUT2D eigenvalue weighted by atomic mass is 10.2. The summed E-state index contributed by atoms with van der Waals surface area (Å²) < 4.78 is 5.30. The number of hydrogen-bond donors (Lipinski definition) is 1. The normalized spacial score (nSPS) is 17.9. The standard InChI is InChI=1S/C11H17N3O/c12-8-10-2-1-3-11(13-10)9-14-4-6-15-7-5-14/h1-3H,4-9,12H2. The van der Waals surface area contributed by atoms with Crippen molar-refractivity contribution in [2.45, 2.75) is 13.1 Å². The van der Waals surface area contributed by atoms with Crippen molar-refractivity contribution in [3.8, 4) is 0 Å². The Hall–Kier alpha value is -0.970. The van der Waals surface area contributed by atoms with E-state index in [4.69, 9.17) is 10.5 Å². The number of hydrogen-bond acceptors (Lipinski definition) is 4. The highest BCUT2D eigenvalue weighted by Crippen LogP contribution is 2.05. The third-order valence-corrected chi connectivity index (χ3v) is 2.56. The lowest BCUT2D eigenvalue weighted by Crippen LogP contribution is -2.35. The third kappa shape index (κ3) is 2.99. The second kappa shape index (κ2) is 5.21. The maximum atomic E-state index is 5.56. The summed E-state index contributed by atoms with van der Waals surface area (Å²) in [6.07, 6.45) is 0. The number of morpholine rings is 1. The van der Waals surface area contributed by atoms with E-state index in [1.54, 1.807) is 0 Å². The zero-order chi connectivity index (χ0) is 10.5. The summed E-state index contributed by atoms with van der Waals surface area (Å²) in [4.78, 5) is 6.83. The average molecular weight is 207 g/mol. The molecule has 1 saturated heterocycles. The second-order valence-corrected chi connectivity index (χ2v) is 3.71. The lowest BCUT2D eigenvalue weighted by Gasteiger charge is -2.26. The molecule has 0 unspecified atom stereocenters. The Morgan fingerprint density at radius 1 is 1.27 bits per heavy atom. The first-order chi connectivity index (χ1) is 7.38. The molecule has 1 fully saturated rings. The molecule has 15 heavy (non-hydrogen) atoms. The van der Waals surface area contributed by atoms with Gasteiger partial charge in [0.2, 0.25) is 0 Å². The van der Waals surface area contributed by atoms with Crippen molar-refractivity contribution in [2.24, 2.45) is 5.73 Å². The van der Waals surface area contributed by atoms with Crippen molar-refractivity contribution in [3.05, 3.63) is 29.6 Å². The molecule has 1 aliphatic heterocycles. The van der Waals surface area contributed by atoms with E-state index >= 15 is 0 Å². The van der Waals surface area contributed by atoms with Gasteiger partial charge in [0.25, 0.3) is 0 Å². The van der Waals surface area contributed by atoms with E-state index < -0.39 is 0 Å². The predicted molar refractivity (Wildman–Crippen MR) is 58.2 cm³/mol.